The molecule has 0 aliphatic carbocycles. The van der Waals surface area contributed by atoms with Gasteiger partial charge in [0.15, 0.2) is 0 Å². The largest absolute Gasteiger partial charge is 0.478 e. The molecule has 1 aliphatic rings. The van der Waals surface area contributed by atoms with E-state index in [2.05, 4.69) is 5.92 Å². The normalized spacial score (nSPS) is 16.2. The molecule has 0 atom stereocenters. The molecule has 0 radical (unpaired) electrons. The molecule has 0 saturated heterocycles. The number of fused-ring (bicyclic) bond motifs is 1. The van der Waals surface area contributed by atoms with Crippen molar-refractivity contribution in [3.8, 4) is 12.3 Å². The van der Waals surface area contributed by atoms with Crippen LogP contribution in [0.4, 0.5) is 0 Å². The van der Waals surface area contributed by atoms with E-state index in [1.165, 1.54) is 12.1 Å². The lowest BCUT2D eigenvalue weighted by molar-refractivity contribution is 0.0695. The molecule has 0 aromatic heterocycles. The third-order valence-corrected chi connectivity index (χ3v) is 4.26. The number of sulfonamides is 1. The Labute approximate surface area is 103 Å². The predicted molar refractivity (Wildman–Crippen MR) is 60.5 cm³/mol. The maximum Gasteiger partial charge on any atom is 0.335 e. The molecular weight excluding hydrogens is 258 g/mol. The predicted octanol–water partition coefficient (Wildman–Crippen LogP) is 0.163. The minimum atomic E-state index is -4.04. The number of benzene rings is 1. The molecule has 18 heavy (non-hydrogen) atoms. The Bertz CT molecular complexity index is 699. The average molecular weight is 265 g/mol. The van der Waals surface area contributed by atoms with Crippen LogP contribution in [0.5, 0.6) is 0 Å². The standard InChI is InChI=1S/C11H7NO5S/c1-2-5-12-10(13)8-4-3-7(11(14)15)6-9(8)18(12,16)17/h1,3-4,6H,5H2,(H,14,15). The first-order valence-corrected chi connectivity index (χ1v) is 6.21. The number of nitrogens with zero attached hydrogens (tertiary/aromatic N) is 1. The van der Waals surface area contributed by atoms with Gasteiger partial charge in [0.1, 0.15) is 4.90 Å². The van der Waals surface area contributed by atoms with Crippen molar-refractivity contribution in [3.05, 3.63) is 29.3 Å². The van der Waals surface area contributed by atoms with E-state index >= 15 is 0 Å². The van der Waals surface area contributed by atoms with Crippen molar-refractivity contribution in [2.45, 2.75) is 4.90 Å². The molecule has 7 heteroatoms. The van der Waals surface area contributed by atoms with E-state index in [0.717, 1.165) is 6.07 Å². The highest BCUT2D eigenvalue weighted by molar-refractivity contribution is 7.90. The smallest absolute Gasteiger partial charge is 0.335 e. The number of hydrogen-bond donors (Lipinski definition) is 1. The molecule has 1 aromatic carbocycles. The van der Waals surface area contributed by atoms with Gasteiger partial charge in [-0.05, 0) is 18.2 Å². The Morgan fingerprint density at radius 1 is 1.44 bits per heavy atom. The van der Waals surface area contributed by atoms with Crippen LogP contribution in [0.1, 0.15) is 20.7 Å². The number of aromatic carboxylic acids is 1. The third-order valence-electron chi connectivity index (χ3n) is 2.49. The van der Waals surface area contributed by atoms with Gasteiger partial charge in [0.05, 0.1) is 17.7 Å². The summed E-state index contributed by atoms with van der Waals surface area (Å²) in [7, 11) is -4.04. The van der Waals surface area contributed by atoms with Crippen LogP contribution in [0, 0.1) is 12.3 Å². The van der Waals surface area contributed by atoms with Gasteiger partial charge in [0, 0.05) is 0 Å². The highest BCUT2D eigenvalue weighted by Gasteiger charge is 2.41. The van der Waals surface area contributed by atoms with Crippen LogP contribution in [-0.4, -0.2) is 36.3 Å². The highest BCUT2D eigenvalue weighted by atomic mass is 32.2. The van der Waals surface area contributed by atoms with Crippen LogP contribution < -0.4 is 0 Å². The maximum atomic E-state index is 12.0. The molecule has 0 spiro atoms. The number of carbonyl (C=O) groups excluding carboxylic acids is 1. The van der Waals surface area contributed by atoms with Crippen molar-refractivity contribution in [2.24, 2.45) is 0 Å². The van der Waals surface area contributed by atoms with Crippen molar-refractivity contribution < 1.29 is 23.1 Å². The van der Waals surface area contributed by atoms with Gasteiger partial charge in [-0.3, -0.25) is 4.79 Å². The summed E-state index contributed by atoms with van der Waals surface area (Å²) >= 11 is 0. The minimum absolute atomic E-state index is 0.0600. The van der Waals surface area contributed by atoms with Gasteiger partial charge in [-0.25, -0.2) is 17.5 Å². The number of rotatable bonds is 2. The Balaban J connectivity index is 2.67. The fraction of sp³-hybridized carbons (Fsp3) is 0.0909. The number of carboxylic acid groups (broad SMARTS) is 1. The summed E-state index contributed by atoms with van der Waals surface area (Å²) in [6.07, 6.45) is 5.00. The zero-order valence-corrected chi connectivity index (χ0v) is 9.77. The molecule has 0 saturated carbocycles. The van der Waals surface area contributed by atoms with Gasteiger partial charge in [-0.1, -0.05) is 5.92 Å². The Hall–Kier alpha value is -2.33. The molecule has 6 nitrogen and oxygen atoms in total. The van der Waals surface area contributed by atoms with Gasteiger partial charge in [-0.2, -0.15) is 0 Å². The molecule has 1 aromatic rings. The molecule has 0 fully saturated rings. The SMILES string of the molecule is C#CCN1C(=O)c2ccc(C(=O)O)cc2S1(=O)=O. The fourth-order valence-electron chi connectivity index (χ4n) is 1.65. The average Bonchev–Trinajstić information content (AvgIpc) is 2.51. The van der Waals surface area contributed by atoms with Gasteiger partial charge >= 0.3 is 5.97 Å². The van der Waals surface area contributed by atoms with Crippen molar-refractivity contribution >= 4 is 21.9 Å². The van der Waals surface area contributed by atoms with Gasteiger partial charge in [0.25, 0.3) is 15.9 Å². The second-order valence-corrected chi connectivity index (χ2v) is 5.37. The summed E-state index contributed by atoms with van der Waals surface area (Å²) < 4.78 is 24.5. The maximum absolute atomic E-state index is 12.0. The van der Waals surface area contributed by atoms with Crippen molar-refractivity contribution in [3.63, 3.8) is 0 Å². The number of carboxylic acids is 1. The highest BCUT2D eigenvalue weighted by Crippen LogP contribution is 2.30. The second kappa shape index (κ2) is 3.85. The first-order chi connectivity index (χ1) is 8.39. The molecule has 92 valence electrons. The lowest BCUT2D eigenvalue weighted by Crippen LogP contribution is -2.30. The summed E-state index contributed by atoms with van der Waals surface area (Å²) in [5, 5.41) is 8.80. The summed E-state index contributed by atoms with van der Waals surface area (Å²) in [6.45, 7) is -0.377. The minimum Gasteiger partial charge on any atom is -0.478 e. The summed E-state index contributed by atoms with van der Waals surface area (Å²) in [6, 6.07) is 3.31. The summed E-state index contributed by atoms with van der Waals surface area (Å²) in [5.74, 6) is 0.0736. The van der Waals surface area contributed by atoms with E-state index in [4.69, 9.17) is 11.5 Å². The molecule has 1 amide bonds. The fourth-order valence-corrected chi connectivity index (χ4v) is 3.16. The second-order valence-electron chi connectivity index (χ2n) is 3.54. The molecule has 1 aliphatic heterocycles. The van der Waals surface area contributed by atoms with Crippen LogP contribution >= 0.6 is 0 Å². The first kappa shape index (κ1) is 12.1. The van der Waals surface area contributed by atoms with E-state index in [-0.39, 0.29) is 22.6 Å². The zero-order chi connectivity index (χ0) is 13.5. The van der Waals surface area contributed by atoms with Crippen molar-refractivity contribution in [1.82, 2.24) is 4.31 Å². The molecule has 2 rings (SSSR count). The summed E-state index contributed by atoms with van der Waals surface area (Å²) in [5.41, 5.74) is -0.261. The third kappa shape index (κ3) is 1.55. The van der Waals surface area contributed by atoms with Crippen LogP contribution in [-0.2, 0) is 10.0 Å². The number of hydrogen-bond acceptors (Lipinski definition) is 4. The van der Waals surface area contributed by atoms with E-state index < -0.39 is 21.9 Å². The van der Waals surface area contributed by atoms with Gasteiger partial charge in [-0.15, -0.1) is 6.42 Å². The Morgan fingerprint density at radius 2 is 2.11 bits per heavy atom. The Kier molecular flexibility index (Phi) is 2.60. The molecule has 0 unspecified atom stereocenters. The van der Waals surface area contributed by atoms with E-state index in [0.29, 0.717) is 4.31 Å². The molecule has 0 bridgehead atoms. The quantitative estimate of drug-likeness (QED) is 0.769. The molecular formula is C11H7NO5S. The lowest BCUT2D eigenvalue weighted by atomic mass is 10.1. The van der Waals surface area contributed by atoms with Crippen molar-refractivity contribution in [1.29, 1.82) is 0 Å². The van der Waals surface area contributed by atoms with Gasteiger partial charge < -0.3 is 5.11 Å². The van der Waals surface area contributed by atoms with Crippen LogP contribution in [0.3, 0.4) is 0 Å². The topological polar surface area (TPSA) is 91.8 Å². The lowest BCUT2D eigenvalue weighted by Gasteiger charge is -2.10. The molecule has 1 heterocycles. The van der Waals surface area contributed by atoms with E-state index in [9.17, 15) is 18.0 Å². The number of carbonyl (C=O) groups is 2. The van der Waals surface area contributed by atoms with E-state index in [1.807, 2.05) is 0 Å². The van der Waals surface area contributed by atoms with Crippen molar-refractivity contribution in [2.75, 3.05) is 6.54 Å². The van der Waals surface area contributed by atoms with Crippen LogP contribution in [0.25, 0.3) is 0 Å². The van der Waals surface area contributed by atoms with Gasteiger partial charge in [0.2, 0.25) is 0 Å². The number of terminal acetylenes is 1. The monoisotopic (exact) mass is 265 g/mol. The zero-order valence-electron chi connectivity index (χ0n) is 8.95. The Morgan fingerprint density at radius 3 is 2.67 bits per heavy atom. The summed E-state index contributed by atoms with van der Waals surface area (Å²) in [4.78, 5) is 22.2. The first-order valence-electron chi connectivity index (χ1n) is 4.77. The van der Waals surface area contributed by atoms with E-state index in [1.54, 1.807) is 0 Å². The molecule has 1 N–H and O–H groups in total. The van der Waals surface area contributed by atoms with Crippen LogP contribution in [0.2, 0.25) is 0 Å². The van der Waals surface area contributed by atoms with Crippen LogP contribution in [0.15, 0.2) is 23.1 Å². The number of amides is 1.